The molecule has 1 aromatic heterocycles. The van der Waals surface area contributed by atoms with E-state index >= 15 is 0 Å². The number of piperidine rings is 1. The first-order valence-corrected chi connectivity index (χ1v) is 10.8. The van der Waals surface area contributed by atoms with Crippen molar-refractivity contribution in [1.29, 1.82) is 0 Å². The van der Waals surface area contributed by atoms with Crippen LogP contribution in [0, 0.1) is 17.0 Å². The Balaban J connectivity index is 1.54. The minimum Gasteiger partial charge on any atom is -0.338 e. The van der Waals surface area contributed by atoms with Gasteiger partial charge in [0.15, 0.2) is 0 Å². The number of nitrogens with one attached hydrogen (secondary N) is 2. The summed E-state index contributed by atoms with van der Waals surface area (Å²) in [5.74, 6) is -0.989. The molecule has 0 unspecified atom stereocenters. The monoisotopic (exact) mass is 480 g/mol. The molecule has 2 amide bonds. The number of imidazole rings is 1. The van der Waals surface area contributed by atoms with Gasteiger partial charge in [0.05, 0.1) is 10.6 Å². The van der Waals surface area contributed by atoms with Crippen LogP contribution in [0.2, 0.25) is 0 Å². The average Bonchev–Trinajstić information content (AvgIpc) is 3.17. The summed E-state index contributed by atoms with van der Waals surface area (Å²) in [6, 6.07) is 5.65. The number of carbonyl (C=O) groups is 1. The average molecular weight is 480 g/mol. The first-order valence-electron chi connectivity index (χ1n) is 10.8. The van der Waals surface area contributed by atoms with Crippen LogP contribution in [0.25, 0.3) is 0 Å². The third-order valence-electron chi connectivity index (χ3n) is 5.80. The summed E-state index contributed by atoms with van der Waals surface area (Å²) in [5, 5.41) is 13.6. The van der Waals surface area contributed by atoms with Crippen molar-refractivity contribution in [2.45, 2.75) is 45.1 Å². The molecule has 0 aliphatic carbocycles. The van der Waals surface area contributed by atoms with E-state index in [4.69, 9.17) is 0 Å². The fourth-order valence-electron chi connectivity index (χ4n) is 3.94. The maximum absolute atomic E-state index is 12.9. The van der Waals surface area contributed by atoms with Crippen LogP contribution < -0.4 is 5.32 Å². The highest BCUT2D eigenvalue weighted by Gasteiger charge is 2.35. The van der Waals surface area contributed by atoms with Gasteiger partial charge >= 0.3 is 12.2 Å². The SMILES string of the molecule is C=CCN(C(=O)NCc1ccc([N+](=O)[O-])cc1)C1CCN(Cc2nc(C(F)(F)F)[nH]c2C)CC1. The Hall–Kier alpha value is -3.41. The van der Waals surface area contributed by atoms with E-state index in [1.807, 2.05) is 4.90 Å². The minimum absolute atomic E-state index is 0.0187. The molecule has 1 aliphatic rings. The van der Waals surface area contributed by atoms with Crippen LogP contribution in [0.15, 0.2) is 36.9 Å². The summed E-state index contributed by atoms with van der Waals surface area (Å²) in [5.41, 5.74) is 1.48. The molecular weight excluding hydrogens is 453 g/mol. The van der Waals surface area contributed by atoms with Crippen LogP contribution in [0.1, 0.15) is 35.6 Å². The first kappa shape index (κ1) is 25.2. The van der Waals surface area contributed by atoms with Gasteiger partial charge in [-0.05, 0) is 25.3 Å². The summed E-state index contributed by atoms with van der Waals surface area (Å²) in [6.07, 6.45) is -1.55. The molecule has 0 saturated carbocycles. The number of urea groups is 1. The number of aromatic nitrogens is 2. The van der Waals surface area contributed by atoms with Gasteiger partial charge in [-0.2, -0.15) is 13.2 Å². The Bertz CT molecular complexity index is 1010. The van der Waals surface area contributed by atoms with Gasteiger partial charge in [-0.1, -0.05) is 18.2 Å². The van der Waals surface area contributed by atoms with Crippen molar-refractivity contribution in [3.8, 4) is 0 Å². The number of non-ortho nitro benzene ring substituents is 1. The van der Waals surface area contributed by atoms with Crippen LogP contribution >= 0.6 is 0 Å². The van der Waals surface area contributed by atoms with Gasteiger partial charge in [0.25, 0.3) is 5.69 Å². The Labute approximate surface area is 194 Å². The van der Waals surface area contributed by atoms with Crippen LogP contribution in [-0.4, -0.2) is 56.4 Å². The lowest BCUT2D eigenvalue weighted by atomic mass is 10.0. The predicted molar refractivity (Wildman–Crippen MR) is 119 cm³/mol. The number of likely N-dealkylation sites (tertiary alicyclic amines) is 1. The second kappa shape index (κ2) is 10.7. The lowest BCUT2D eigenvalue weighted by molar-refractivity contribution is -0.384. The Morgan fingerprint density at radius 2 is 2.00 bits per heavy atom. The van der Waals surface area contributed by atoms with E-state index in [1.54, 1.807) is 30.0 Å². The van der Waals surface area contributed by atoms with Gasteiger partial charge in [-0.25, -0.2) is 9.78 Å². The number of aryl methyl sites for hydroxylation is 1. The van der Waals surface area contributed by atoms with E-state index in [9.17, 15) is 28.1 Å². The number of halogens is 3. The number of benzene rings is 1. The summed E-state index contributed by atoms with van der Waals surface area (Å²) in [6.45, 7) is 7.41. The number of carbonyl (C=O) groups excluding carboxylic acids is 1. The van der Waals surface area contributed by atoms with E-state index in [0.717, 1.165) is 5.56 Å². The summed E-state index contributed by atoms with van der Waals surface area (Å²) < 4.78 is 38.6. The maximum Gasteiger partial charge on any atom is 0.449 e. The van der Waals surface area contributed by atoms with Crippen LogP contribution in [0.3, 0.4) is 0 Å². The number of hydrogen-bond acceptors (Lipinski definition) is 5. The van der Waals surface area contributed by atoms with Crippen molar-refractivity contribution in [2.75, 3.05) is 19.6 Å². The largest absolute Gasteiger partial charge is 0.449 e. The Kier molecular flexibility index (Phi) is 7.92. The number of alkyl halides is 3. The topological polar surface area (TPSA) is 107 Å². The molecule has 12 heteroatoms. The van der Waals surface area contributed by atoms with Crippen LogP contribution in [0.5, 0.6) is 0 Å². The quantitative estimate of drug-likeness (QED) is 0.337. The van der Waals surface area contributed by atoms with Gasteiger partial charge in [0.2, 0.25) is 5.82 Å². The van der Waals surface area contributed by atoms with Gasteiger partial charge in [-0.15, -0.1) is 6.58 Å². The van der Waals surface area contributed by atoms with E-state index in [0.29, 0.717) is 50.4 Å². The number of amides is 2. The minimum atomic E-state index is -4.51. The zero-order chi connectivity index (χ0) is 24.9. The standard InChI is InChI=1S/C22H27F3N6O3/c1-3-10-30(21(32)26-13-16-4-6-18(7-5-16)31(33)34)17-8-11-29(12-9-17)14-19-15(2)27-20(28-19)22(23,24)25/h3-7,17H,1,8-14H2,2H3,(H,26,32)(H,27,28). The maximum atomic E-state index is 12.9. The smallest absolute Gasteiger partial charge is 0.338 e. The zero-order valence-corrected chi connectivity index (χ0v) is 18.8. The third-order valence-corrected chi connectivity index (χ3v) is 5.80. The molecule has 1 aromatic carbocycles. The summed E-state index contributed by atoms with van der Waals surface area (Å²) >= 11 is 0. The second-order valence-electron chi connectivity index (χ2n) is 8.19. The van der Waals surface area contributed by atoms with Crippen molar-refractivity contribution in [3.05, 3.63) is 69.8 Å². The third kappa shape index (κ3) is 6.34. The second-order valence-corrected chi connectivity index (χ2v) is 8.19. The first-order chi connectivity index (χ1) is 16.1. The lowest BCUT2D eigenvalue weighted by Gasteiger charge is -2.38. The van der Waals surface area contributed by atoms with Crippen molar-refractivity contribution < 1.29 is 22.9 Å². The van der Waals surface area contributed by atoms with Gasteiger partial charge in [-0.3, -0.25) is 15.0 Å². The van der Waals surface area contributed by atoms with Gasteiger partial charge in [0.1, 0.15) is 0 Å². The summed E-state index contributed by atoms with van der Waals surface area (Å²) in [4.78, 5) is 32.8. The fourth-order valence-corrected chi connectivity index (χ4v) is 3.94. The van der Waals surface area contributed by atoms with E-state index < -0.39 is 16.9 Å². The van der Waals surface area contributed by atoms with E-state index in [2.05, 4.69) is 21.9 Å². The molecular formula is C22H27F3N6O3. The zero-order valence-electron chi connectivity index (χ0n) is 18.8. The molecule has 0 bridgehead atoms. The highest BCUT2D eigenvalue weighted by Crippen LogP contribution is 2.28. The molecule has 2 heterocycles. The molecule has 184 valence electrons. The Morgan fingerprint density at radius 1 is 1.35 bits per heavy atom. The predicted octanol–water partition coefficient (Wildman–Crippen LogP) is 4.01. The highest BCUT2D eigenvalue weighted by atomic mass is 19.4. The molecule has 34 heavy (non-hydrogen) atoms. The molecule has 0 atom stereocenters. The molecule has 2 aromatic rings. The van der Waals surface area contributed by atoms with Gasteiger partial charge < -0.3 is 15.2 Å². The highest BCUT2D eigenvalue weighted by molar-refractivity contribution is 5.74. The van der Waals surface area contributed by atoms with Crippen molar-refractivity contribution in [1.82, 2.24) is 25.1 Å². The van der Waals surface area contributed by atoms with Crippen molar-refractivity contribution in [2.24, 2.45) is 0 Å². The molecule has 1 saturated heterocycles. The number of nitro benzene ring substituents is 1. The normalized spacial score (nSPS) is 15.2. The fraction of sp³-hybridized carbons (Fsp3) is 0.455. The van der Waals surface area contributed by atoms with Crippen LogP contribution in [-0.2, 0) is 19.3 Å². The number of nitro groups is 1. The number of nitrogens with zero attached hydrogens (tertiary/aromatic N) is 4. The molecule has 0 spiro atoms. The number of H-pyrrole nitrogens is 1. The molecule has 0 radical (unpaired) electrons. The van der Waals surface area contributed by atoms with Gasteiger partial charge in [0, 0.05) is 56.6 Å². The van der Waals surface area contributed by atoms with Crippen molar-refractivity contribution >= 4 is 11.7 Å². The molecule has 1 aliphatic heterocycles. The van der Waals surface area contributed by atoms with E-state index in [1.165, 1.54) is 12.1 Å². The molecule has 3 rings (SSSR count). The molecule has 2 N–H and O–H groups in total. The number of rotatable bonds is 8. The summed E-state index contributed by atoms with van der Waals surface area (Å²) in [7, 11) is 0. The van der Waals surface area contributed by atoms with Crippen LogP contribution in [0.4, 0.5) is 23.7 Å². The Morgan fingerprint density at radius 3 is 2.53 bits per heavy atom. The van der Waals surface area contributed by atoms with E-state index in [-0.39, 0.29) is 24.3 Å². The number of hydrogen-bond donors (Lipinski definition) is 2. The molecule has 1 fully saturated rings. The lowest BCUT2D eigenvalue weighted by Crippen LogP contribution is -2.50. The van der Waals surface area contributed by atoms with Crippen molar-refractivity contribution in [3.63, 3.8) is 0 Å². The molecule has 9 nitrogen and oxygen atoms in total. The number of aromatic amines is 1.